The third-order valence-corrected chi connectivity index (χ3v) is 12.3. The van der Waals surface area contributed by atoms with Gasteiger partial charge in [0.15, 0.2) is 19.7 Å². The Morgan fingerprint density at radius 2 is 1.04 bits per heavy atom. The Morgan fingerprint density at radius 1 is 0.596 bits per heavy atom. The molecule has 8 N–H and O–H groups in total. The second kappa shape index (κ2) is 17.5. The number of benzene rings is 4. The Hall–Kier alpha value is -5.30. The molecule has 0 spiro atoms. The highest BCUT2D eigenvalue weighted by molar-refractivity contribution is 7.91. The summed E-state index contributed by atoms with van der Waals surface area (Å²) in [6, 6.07) is 15.7. The Kier molecular flexibility index (Phi) is 13.6. The molecule has 23 nitrogen and oxygen atoms in total. The van der Waals surface area contributed by atoms with Crippen LogP contribution in [-0.4, -0.2) is 86.4 Å². The second-order valence-electron chi connectivity index (χ2n) is 11.1. The lowest BCUT2D eigenvalue weighted by Gasteiger charge is -2.10. The maximum absolute atomic E-state index is 12.8. The lowest BCUT2D eigenvalue weighted by molar-refractivity contribution is 0.102. The van der Waals surface area contributed by atoms with Crippen LogP contribution < -0.4 is 16.8 Å². The summed E-state index contributed by atoms with van der Waals surface area (Å²) in [5.41, 5.74) is 10.8. The van der Waals surface area contributed by atoms with E-state index < -0.39 is 97.5 Å². The Bertz CT molecular complexity index is 2780. The van der Waals surface area contributed by atoms with Gasteiger partial charge < -0.3 is 16.8 Å². The quantitative estimate of drug-likeness (QED) is 0.0502. The molecule has 0 aliphatic rings. The average Bonchev–Trinajstić information content (AvgIpc) is 3.10. The second-order valence-corrected chi connectivity index (χ2v) is 18.9. The van der Waals surface area contributed by atoms with E-state index in [1.165, 1.54) is 48.5 Å². The third kappa shape index (κ3) is 12.9. The molecule has 0 unspecified atom stereocenters. The van der Waals surface area contributed by atoms with Crippen LogP contribution in [0, 0.1) is 0 Å². The molecular formula is C29H29N7O16S5. The molecule has 0 aromatic heterocycles. The van der Waals surface area contributed by atoms with Crippen molar-refractivity contribution >= 4 is 96.3 Å². The predicted octanol–water partition coefficient (Wildman–Crippen LogP) is 3.37. The number of carbonyl (C=O) groups is 1. The van der Waals surface area contributed by atoms with Crippen LogP contribution in [0.25, 0.3) is 0 Å². The molecule has 0 saturated heterocycles. The van der Waals surface area contributed by atoms with Crippen molar-refractivity contribution in [2.24, 2.45) is 20.5 Å². The molecule has 0 atom stereocenters. The number of nitrogens with two attached hydrogens (primary N) is 2. The van der Waals surface area contributed by atoms with Crippen molar-refractivity contribution in [3.8, 4) is 0 Å². The van der Waals surface area contributed by atoms with Crippen LogP contribution in [0.15, 0.2) is 114 Å². The predicted molar refractivity (Wildman–Crippen MR) is 200 cm³/mol. The van der Waals surface area contributed by atoms with Crippen molar-refractivity contribution in [2.75, 3.05) is 41.5 Å². The van der Waals surface area contributed by atoms with E-state index >= 15 is 0 Å². The maximum atomic E-state index is 12.8. The van der Waals surface area contributed by atoms with Gasteiger partial charge in [-0.1, -0.05) is 0 Å². The highest BCUT2D eigenvalue weighted by Gasteiger charge is 2.23. The third-order valence-electron chi connectivity index (χ3n) is 7.10. The van der Waals surface area contributed by atoms with Crippen LogP contribution in [0.3, 0.4) is 0 Å². The number of hydrogen-bond acceptors (Lipinski definition) is 19. The summed E-state index contributed by atoms with van der Waals surface area (Å²) in [6.07, 6.45) is 0. The first-order valence-corrected chi connectivity index (χ1v) is 22.7. The van der Waals surface area contributed by atoms with Crippen LogP contribution >= 0.6 is 0 Å². The van der Waals surface area contributed by atoms with Crippen LogP contribution in [0.5, 0.6) is 0 Å². The first-order valence-electron chi connectivity index (χ1n) is 15.2. The standard InChI is InChI=1S/C29H29N7O16S5/c30-26-24(17-25(55(42,43)44)27(31)28(26)36-34-21-7-11-23(12-8-21)54(40,41)16-14-52-57(48,49)50)35-33-20-3-1-18(2-4-20)29(37)32-19-5-9-22(10-6-19)53(38,39)15-13-51-56(45,46)47/h1-12,17H,13-16,30-31H2,(H,32,37)(H,42,43,44)(H,45,46,47)(H,48,49,50). The van der Waals surface area contributed by atoms with Crippen molar-refractivity contribution in [1.29, 1.82) is 0 Å². The normalized spacial score (nSPS) is 13.0. The number of nitrogens with one attached hydrogen (secondary N) is 1. The lowest BCUT2D eigenvalue weighted by Crippen LogP contribution is -2.15. The number of carbonyl (C=O) groups excluding carboxylic acids is 1. The van der Waals surface area contributed by atoms with Gasteiger partial charge in [0.2, 0.25) is 0 Å². The molecule has 0 saturated carbocycles. The van der Waals surface area contributed by atoms with E-state index in [1.807, 2.05) is 0 Å². The van der Waals surface area contributed by atoms with E-state index in [2.05, 4.69) is 34.1 Å². The Labute approximate surface area is 324 Å². The van der Waals surface area contributed by atoms with Crippen LogP contribution in [0.4, 0.5) is 39.8 Å². The van der Waals surface area contributed by atoms with E-state index in [0.29, 0.717) is 0 Å². The monoisotopic (exact) mass is 891 g/mol. The molecule has 4 aromatic rings. The van der Waals surface area contributed by atoms with E-state index in [0.717, 1.165) is 30.3 Å². The largest absolute Gasteiger partial charge is 0.397 e. The molecule has 0 aliphatic carbocycles. The minimum absolute atomic E-state index is 0.0125. The highest BCUT2D eigenvalue weighted by atomic mass is 32.3. The van der Waals surface area contributed by atoms with Crippen LogP contribution in [0.1, 0.15) is 10.4 Å². The molecule has 0 radical (unpaired) electrons. The van der Waals surface area contributed by atoms with E-state index in [9.17, 15) is 51.4 Å². The van der Waals surface area contributed by atoms with Crippen LogP contribution in [0.2, 0.25) is 0 Å². The van der Waals surface area contributed by atoms with Gasteiger partial charge in [0, 0.05) is 11.3 Å². The fourth-order valence-corrected chi connectivity index (χ4v) is 7.98. The zero-order valence-electron chi connectivity index (χ0n) is 28.5. The summed E-state index contributed by atoms with van der Waals surface area (Å²) in [5, 5.41) is 18.2. The van der Waals surface area contributed by atoms with Gasteiger partial charge in [0.05, 0.1) is 57.3 Å². The first kappa shape index (κ1) is 44.4. The summed E-state index contributed by atoms with van der Waals surface area (Å²) in [6.45, 7) is -1.67. The molecule has 4 aromatic carbocycles. The summed E-state index contributed by atoms with van der Waals surface area (Å²) >= 11 is 0. The van der Waals surface area contributed by atoms with Gasteiger partial charge in [-0.15, -0.1) is 10.2 Å². The number of nitrogens with zero attached hydrogens (tertiary/aromatic N) is 4. The molecule has 1 amide bonds. The lowest BCUT2D eigenvalue weighted by atomic mass is 10.2. The summed E-state index contributed by atoms with van der Waals surface area (Å²) < 4.78 is 151. The molecule has 0 fully saturated rings. The number of anilines is 3. The molecule has 0 heterocycles. The smallest absolute Gasteiger partial charge is 0.396 e. The fraction of sp³-hybridized carbons (Fsp3) is 0.138. The van der Waals surface area contributed by atoms with Crippen molar-refractivity contribution in [3.63, 3.8) is 0 Å². The fourth-order valence-electron chi connectivity index (χ4n) is 4.37. The minimum Gasteiger partial charge on any atom is -0.396 e. The van der Waals surface area contributed by atoms with Gasteiger partial charge in [-0.25, -0.2) is 25.2 Å². The zero-order chi connectivity index (χ0) is 42.4. The number of sulfone groups is 2. The molecular weight excluding hydrogens is 863 g/mol. The van der Waals surface area contributed by atoms with Crippen molar-refractivity contribution in [2.45, 2.75) is 14.7 Å². The van der Waals surface area contributed by atoms with Gasteiger partial charge in [-0.3, -0.25) is 18.5 Å². The topological polar surface area (TPSA) is 380 Å². The van der Waals surface area contributed by atoms with Crippen molar-refractivity contribution in [1.82, 2.24) is 0 Å². The first-order chi connectivity index (χ1) is 26.3. The highest BCUT2D eigenvalue weighted by Crippen LogP contribution is 2.43. The molecule has 0 aliphatic heterocycles. The van der Waals surface area contributed by atoms with Gasteiger partial charge >= 0.3 is 20.8 Å². The van der Waals surface area contributed by atoms with Gasteiger partial charge in [0.25, 0.3) is 16.0 Å². The molecule has 28 heteroatoms. The summed E-state index contributed by atoms with van der Waals surface area (Å²) in [4.78, 5) is 11.5. The van der Waals surface area contributed by atoms with E-state index in [1.54, 1.807) is 0 Å². The van der Waals surface area contributed by atoms with E-state index in [-0.39, 0.29) is 43.8 Å². The molecule has 57 heavy (non-hydrogen) atoms. The summed E-state index contributed by atoms with van der Waals surface area (Å²) in [5.74, 6) is -2.16. The Balaban J connectivity index is 1.49. The van der Waals surface area contributed by atoms with Crippen molar-refractivity contribution < 1.29 is 68.9 Å². The number of rotatable bonds is 17. The zero-order valence-corrected chi connectivity index (χ0v) is 32.6. The van der Waals surface area contributed by atoms with Crippen molar-refractivity contribution in [3.05, 3.63) is 84.4 Å². The van der Waals surface area contributed by atoms with Gasteiger partial charge in [0.1, 0.15) is 16.3 Å². The average molecular weight is 892 g/mol. The van der Waals surface area contributed by atoms with Crippen LogP contribution in [-0.2, 0) is 59.0 Å². The minimum atomic E-state index is -4.98. The summed E-state index contributed by atoms with van der Waals surface area (Å²) in [7, 11) is -22.7. The number of nitrogen functional groups attached to an aromatic ring is 2. The molecule has 0 bridgehead atoms. The molecule has 4 rings (SSSR count). The van der Waals surface area contributed by atoms with Gasteiger partial charge in [-0.05, 0) is 78.9 Å². The maximum Gasteiger partial charge on any atom is 0.397 e. The Morgan fingerprint density at radius 3 is 1.49 bits per heavy atom. The SMILES string of the molecule is Nc1c(N=Nc2ccc(C(=O)Nc3ccc(S(=O)(=O)CCOS(=O)(=O)O)cc3)cc2)cc(S(=O)(=O)O)c(N)c1N=Nc1ccc(S(=O)(=O)CCOS(=O)(=O)O)cc1. The number of hydrogen-bond donors (Lipinski definition) is 6. The number of amides is 1. The number of azo groups is 2. The molecule has 306 valence electrons. The van der Waals surface area contributed by atoms with Gasteiger partial charge in [-0.2, -0.15) is 35.5 Å². The van der Waals surface area contributed by atoms with E-state index in [4.69, 9.17) is 20.6 Å².